The number of amides is 17. The largest absolute Gasteiger partial charge is 0.453 e. The molecule has 0 fully saturated rings. The first kappa shape index (κ1) is 89.4. The van der Waals surface area contributed by atoms with Gasteiger partial charge in [-0.05, 0) is 106 Å². The number of ether oxygens (including phenoxy) is 3. The van der Waals surface area contributed by atoms with Crippen molar-refractivity contribution in [2.45, 2.75) is 142 Å². The van der Waals surface area contributed by atoms with Gasteiger partial charge in [-0.3, -0.25) is 57.7 Å². The van der Waals surface area contributed by atoms with Gasteiger partial charge in [0.2, 0.25) is 35.4 Å². The topological polar surface area (TPSA) is 480 Å². The van der Waals surface area contributed by atoms with Crippen molar-refractivity contribution in [3.63, 3.8) is 0 Å². The molecule has 2 heterocycles. The SMILES string of the molecule is CNCCN(C)C(=O)OCc1ccc(NC(=O)[C@H](CCCNC(N)=O)NC(=O)[C@@H](NC(=O)CCCCCN2C(=O)C=CC2=O)C(C)C)cc1.CO.COC(=O)N(C)CCN(C)C(=O)OCc1ccc(NC(=O)[C@H](CCCNC(N)=O)NC(=O)[C@@H](NC(=O)CCCCCN2C(=O)C=CC2=O)C(C)C)cc1. The fourth-order valence-electron chi connectivity index (χ4n) is 9.77. The standard InChI is InChI=1S/C35H52N8O10.C33H50N8O8.CH4O/c1-23(2)30(40-27(44)11-7-6-8-19-43-28(45)16-17-29(43)46)32(48)39-26(10-9-18-37-33(36)49)31(47)38-25-14-12-24(13-15-25)22-53-35(51)42(4)21-20-41(3)34(50)52-5;1-22(2)29(39-26(42)10-6-5-7-19-41-27(43)15-16-28(41)44)31(46)38-25(9-8-17-36-32(34)47)30(45)37-24-13-11-23(12-14-24)21-49-33(48)40(4)20-18-35-3;1-2/h12-17,23,26,30H,6-11,18-22H2,1-5H3,(H,38,47)(H,39,48)(H,40,44)(H3,36,37,49);11-16,22,25,29,35H,5-10,17-21H2,1-4H3,(H,37,45)(H,38,46)(H,39,42)(H3,34,36,47);2H,1H3/t26-,30-;25-,29-;/m00./s1. The second-order valence-electron chi connectivity index (χ2n) is 24.8. The molecule has 2 aromatic carbocycles. The van der Waals surface area contributed by atoms with E-state index in [0.29, 0.717) is 87.0 Å². The van der Waals surface area contributed by atoms with E-state index in [9.17, 15) is 71.9 Å². The number of aliphatic hydroxyl groups is 1. The highest BCUT2D eigenvalue weighted by molar-refractivity contribution is 6.13. The van der Waals surface area contributed by atoms with Crippen LogP contribution in [0.3, 0.4) is 0 Å². The maximum absolute atomic E-state index is 13.4. The first-order chi connectivity index (χ1) is 49.4. The summed E-state index contributed by atoms with van der Waals surface area (Å²) in [6, 6.07) is 7.90. The summed E-state index contributed by atoms with van der Waals surface area (Å²) in [7, 11) is 8.78. The van der Waals surface area contributed by atoms with E-state index in [1.165, 1.54) is 53.2 Å². The molecule has 0 aromatic heterocycles. The molecule has 576 valence electrons. The second-order valence-corrected chi connectivity index (χ2v) is 24.8. The number of benzene rings is 2. The number of unbranched alkanes of at least 4 members (excludes halogenated alkanes) is 4. The average molecular weight is 1460 g/mol. The third kappa shape index (κ3) is 34.8. The number of nitrogens with zero attached hydrogens (tertiary/aromatic N) is 5. The number of nitrogens with two attached hydrogens (primary N) is 2. The molecule has 0 saturated heterocycles. The maximum atomic E-state index is 13.4. The molecule has 35 heteroatoms. The number of carbonyl (C=O) groups is 15. The number of likely N-dealkylation sites (N-methyl/N-ethyl adjacent to an activating group) is 4. The van der Waals surface area contributed by atoms with Gasteiger partial charge in [0.15, 0.2) is 0 Å². The lowest BCUT2D eigenvalue weighted by atomic mass is 10.0. The molecule has 0 aliphatic carbocycles. The van der Waals surface area contributed by atoms with Gasteiger partial charge < -0.3 is 93.3 Å². The second kappa shape index (κ2) is 49.0. The van der Waals surface area contributed by atoms with E-state index in [0.717, 1.165) is 16.9 Å². The minimum Gasteiger partial charge on any atom is -0.453 e. The molecule has 2 aromatic rings. The summed E-state index contributed by atoms with van der Waals surface area (Å²) >= 11 is 0. The predicted octanol–water partition coefficient (Wildman–Crippen LogP) is 2.03. The van der Waals surface area contributed by atoms with Gasteiger partial charge in [-0.2, -0.15) is 0 Å². The van der Waals surface area contributed by atoms with Gasteiger partial charge in [-0.15, -0.1) is 0 Å². The van der Waals surface area contributed by atoms with Crippen LogP contribution in [0.25, 0.3) is 0 Å². The molecule has 104 heavy (non-hydrogen) atoms. The van der Waals surface area contributed by atoms with E-state index in [2.05, 4.69) is 52.6 Å². The highest BCUT2D eigenvalue weighted by Gasteiger charge is 2.32. The van der Waals surface area contributed by atoms with Crippen molar-refractivity contribution in [3.05, 3.63) is 84.0 Å². The molecule has 35 nitrogen and oxygen atoms in total. The molecule has 17 amide bonds. The first-order valence-corrected chi connectivity index (χ1v) is 34.2. The summed E-state index contributed by atoms with van der Waals surface area (Å²) in [5, 5.41) is 31.4. The molecule has 0 unspecified atom stereocenters. The van der Waals surface area contributed by atoms with Crippen molar-refractivity contribution in [1.29, 1.82) is 0 Å². The van der Waals surface area contributed by atoms with Gasteiger partial charge >= 0.3 is 30.3 Å². The number of primary amides is 2. The number of methoxy groups -OCH3 is 1. The van der Waals surface area contributed by atoms with Crippen LogP contribution in [0.5, 0.6) is 0 Å². The molecule has 2 aliphatic heterocycles. The van der Waals surface area contributed by atoms with Crippen molar-refractivity contribution in [1.82, 2.24) is 61.7 Å². The Hall–Kier alpha value is -10.7. The van der Waals surface area contributed by atoms with Crippen LogP contribution < -0.4 is 59.3 Å². The van der Waals surface area contributed by atoms with Gasteiger partial charge in [-0.25, -0.2) is 24.0 Å². The van der Waals surface area contributed by atoms with Crippen LogP contribution in [0.4, 0.5) is 35.3 Å². The molecular formula is C69H106N16O19. The summed E-state index contributed by atoms with van der Waals surface area (Å²) < 4.78 is 15.3. The normalized spacial score (nSPS) is 13.2. The van der Waals surface area contributed by atoms with Crippen molar-refractivity contribution in [2.75, 3.05) is 105 Å². The number of imide groups is 2. The predicted molar refractivity (Wildman–Crippen MR) is 383 cm³/mol. The number of anilines is 2. The van der Waals surface area contributed by atoms with Crippen LogP contribution in [0, 0.1) is 11.8 Å². The summed E-state index contributed by atoms with van der Waals surface area (Å²) in [6.07, 6.45) is 7.79. The fourth-order valence-corrected chi connectivity index (χ4v) is 9.77. The monoisotopic (exact) mass is 1460 g/mol. The Balaban J connectivity index is 0.000000692. The van der Waals surface area contributed by atoms with Crippen molar-refractivity contribution < 1.29 is 91.2 Å². The number of urea groups is 2. The lowest BCUT2D eigenvalue weighted by molar-refractivity contribution is -0.138. The van der Waals surface area contributed by atoms with Gasteiger partial charge in [0.25, 0.3) is 23.6 Å². The van der Waals surface area contributed by atoms with E-state index < -0.39 is 78.1 Å². The molecule has 0 radical (unpaired) electrons. The van der Waals surface area contributed by atoms with Crippen molar-refractivity contribution >= 4 is 101 Å². The minimum absolute atomic E-state index is 0.0448. The Labute approximate surface area is 606 Å². The Bertz CT molecular complexity index is 3210. The van der Waals surface area contributed by atoms with Crippen LogP contribution in [0.1, 0.15) is 116 Å². The zero-order valence-electron chi connectivity index (χ0n) is 61.1. The highest BCUT2D eigenvalue weighted by atomic mass is 16.6. The van der Waals surface area contributed by atoms with Gasteiger partial charge in [-0.1, -0.05) is 64.8 Å². The molecular weight excluding hydrogens is 1360 g/mol. The molecule has 0 spiro atoms. The average Bonchev–Trinajstić information content (AvgIpc) is 1.08. The van der Waals surface area contributed by atoms with E-state index in [1.807, 2.05) is 0 Å². The Kier molecular flexibility index (Phi) is 42.1. The molecule has 4 atom stereocenters. The first-order valence-electron chi connectivity index (χ1n) is 34.2. The number of hydrogen-bond acceptors (Lipinski definition) is 20. The third-order valence-corrected chi connectivity index (χ3v) is 15.9. The summed E-state index contributed by atoms with van der Waals surface area (Å²) in [5.74, 6) is -4.85. The van der Waals surface area contributed by atoms with E-state index in [-0.39, 0.29) is 125 Å². The van der Waals surface area contributed by atoms with Crippen LogP contribution in [-0.2, 0) is 75.4 Å². The zero-order valence-corrected chi connectivity index (χ0v) is 61.1. The van der Waals surface area contributed by atoms with E-state index >= 15 is 0 Å². The molecule has 0 saturated carbocycles. The van der Waals surface area contributed by atoms with Gasteiger partial charge in [0.05, 0.1) is 7.11 Å². The fraction of sp³-hybridized carbons (Fsp3) is 0.551. The zero-order chi connectivity index (χ0) is 77.8. The Morgan fingerprint density at radius 3 is 1.13 bits per heavy atom. The minimum atomic E-state index is -1.03. The number of rotatable bonds is 42. The number of carbonyl (C=O) groups excluding carboxylic acids is 15. The number of nitrogens with one attached hydrogen (secondary N) is 9. The number of hydrogen-bond donors (Lipinski definition) is 12. The summed E-state index contributed by atoms with van der Waals surface area (Å²) in [5.41, 5.74) is 12.5. The lowest BCUT2D eigenvalue weighted by Gasteiger charge is -2.25. The number of aliphatic hydroxyl groups excluding tert-OH is 1. The summed E-state index contributed by atoms with van der Waals surface area (Å²) in [4.78, 5) is 190. The van der Waals surface area contributed by atoms with Crippen LogP contribution >= 0.6 is 0 Å². The quantitative estimate of drug-likeness (QED) is 0.0257. The Morgan fingerprint density at radius 1 is 0.462 bits per heavy atom. The highest BCUT2D eigenvalue weighted by Crippen LogP contribution is 2.17. The van der Waals surface area contributed by atoms with E-state index in [4.69, 9.17) is 26.0 Å². The molecule has 4 rings (SSSR count). The van der Waals surface area contributed by atoms with Crippen LogP contribution in [-0.4, -0.2) is 238 Å². The smallest absolute Gasteiger partial charge is 0.409 e. The molecule has 14 N–H and O–H groups in total. The maximum Gasteiger partial charge on any atom is 0.409 e. The molecule has 2 aliphatic rings. The van der Waals surface area contributed by atoms with Gasteiger partial charge in [0, 0.05) is 129 Å². The summed E-state index contributed by atoms with van der Waals surface area (Å²) in [6.45, 7) is 9.55. The van der Waals surface area contributed by atoms with Crippen LogP contribution in [0.2, 0.25) is 0 Å². The van der Waals surface area contributed by atoms with Gasteiger partial charge in [0.1, 0.15) is 37.4 Å². The third-order valence-electron chi connectivity index (χ3n) is 15.9. The Morgan fingerprint density at radius 2 is 0.808 bits per heavy atom. The van der Waals surface area contributed by atoms with Crippen molar-refractivity contribution in [3.8, 4) is 0 Å². The lowest BCUT2D eigenvalue weighted by Crippen LogP contribution is -2.54. The molecule has 0 bridgehead atoms. The van der Waals surface area contributed by atoms with Crippen LogP contribution in [0.15, 0.2) is 72.8 Å². The van der Waals surface area contributed by atoms with Crippen molar-refractivity contribution in [2.24, 2.45) is 23.3 Å². The van der Waals surface area contributed by atoms with E-state index in [1.54, 1.807) is 97.4 Å².